The minimum absolute atomic E-state index is 0.179. The summed E-state index contributed by atoms with van der Waals surface area (Å²) in [6.07, 6.45) is 3.27. The standard InChI is InChI=1S/C18H19ClN2O2/c1-23-17-11-15-13(4-2-3-9-20-15)10-16(17)21-18(22)12-5-7-14(19)8-6-12/h5-8,10-11,20H,2-4,9H2,1H3,(H,21,22). The second-order valence-corrected chi connectivity index (χ2v) is 5.99. The molecule has 1 amide bonds. The van der Waals surface area contributed by atoms with Crippen molar-refractivity contribution in [3.63, 3.8) is 0 Å². The van der Waals surface area contributed by atoms with E-state index in [0.717, 1.165) is 31.5 Å². The number of ether oxygens (including phenoxy) is 1. The molecule has 0 bridgehead atoms. The van der Waals surface area contributed by atoms with Crippen LogP contribution in [0.1, 0.15) is 28.8 Å². The van der Waals surface area contributed by atoms with Crippen molar-refractivity contribution in [2.45, 2.75) is 19.3 Å². The van der Waals surface area contributed by atoms with Gasteiger partial charge < -0.3 is 15.4 Å². The summed E-state index contributed by atoms with van der Waals surface area (Å²) in [6, 6.07) is 10.8. The molecule has 2 N–H and O–H groups in total. The Hall–Kier alpha value is -2.20. The van der Waals surface area contributed by atoms with Crippen molar-refractivity contribution in [2.24, 2.45) is 0 Å². The van der Waals surface area contributed by atoms with Gasteiger partial charge in [0.15, 0.2) is 0 Å². The van der Waals surface area contributed by atoms with Crippen LogP contribution in [-0.4, -0.2) is 19.6 Å². The highest BCUT2D eigenvalue weighted by Gasteiger charge is 2.15. The van der Waals surface area contributed by atoms with Crippen molar-refractivity contribution >= 4 is 28.9 Å². The number of rotatable bonds is 3. The number of hydrogen-bond donors (Lipinski definition) is 2. The van der Waals surface area contributed by atoms with Gasteiger partial charge in [-0.25, -0.2) is 0 Å². The van der Waals surface area contributed by atoms with E-state index in [2.05, 4.69) is 10.6 Å². The third-order valence-corrected chi connectivity index (χ3v) is 4.22. The quantitative estimate of drug-likeness (QED) is 0.879. The van der Waals surface area contributed by atoms with E-state index in [4.69, 9.17) is 16.3 Å². The number of hydrogen-bond acceptors (Lipinski definition) is 3. The van der Waals surface area contributed by atoms with E-state index < -0.39 is 0 Å². The van der Waals surface area contributed by atoms with Gasteiger partial charge in [0.05, 0.1) is 12.8 Å². The van der Waals surface area contributed by atoms with Crippen LogP contribution in [0.15, 0.2) is 36.4 Å². The van der Waals surface area contributed by atoms with E-state index in [1.807, 2.05) is 12.1 Å². The average molecular weight is 331 g/mol. The van der Waals surface area contributed by atoms with Gasteiger partial charge in [0.25, 0.3) is 5.91 Å². The Morgan fingerprint density at radius 3 is 2.74 bits per heavy atom. The van der Waals surface area contributed by atoms with E-state index in [9.17, 15) is 4.79 Å². The van der Waals surface area contributed by atoms with Crippen LogP contribution in [0.25, 0.3) is 0 Å². The first kappa shape index (κ1) is 15.7. The van der Waals surface area contributed by atoms with Gasteiger partial charge in [-0.3, -0.25) is 4.79 Å². The molecule has 2 aromatic carbocycles. The van der Waals surface area contributed by atoms with Gasteiger partial charge in [-0.1, -0.05) is 11.6 Å². The fourth-order valence-electron chi connectivity index (χ4n) is 2.72. The summed E-state index contributed by atoms with van der Waals surface area (Å²) in [6.45, 7) is 0.965. The third-order valence-electron chi connectivity index (χ3n) is 3.97. The van der Waals surface area contributed by atoms with Gasteiger partial charge in [-0.15, -0.1) is 0 Å². The minimum atomic E-state index is -0.179. The minimum Gasteiger partial charge on any atom is -0.494 e. The molecule has 1 aliphatic rings. The van der Waals surface area contributed by atoms with Gasteiger partial charge >= 0.3 is 0 Å². The van der Waals surface area contributed by atoms with Crippen molar-refractivity contribution in [3.05, 3.63) is 52.5 Å². The summed E-state index contributed by atoms with van der Waals surface area (Å²) < 4.78 is 5.43. The summed E-state index contributed by atoms with van der Waals surface area (Å²) in [4.78, 5) is 12.4. The van der Waals surface area contributed by atoms with E-state index in [1.165, 1.54) is 5.56 Å². The number of fused-ring (bicyclic) bond motifs is 1. The molecule has 0 atom stereocenters. The molecule has 0 aliphatic carbocycles. The summed E-state index contributed by atoms with van der Waals surface area (Å²) in [5.41, 5.74) is 3.54. The van der Waals surface area contributed by atoms with Gasteiger partial charge in [-0.05, 0) is 55.2 Å². The van der Waals surface area contributed by atoms with Gasteiger partial charge in [0, 0.05) is 28.9 Å². The number of aryl methyl sites for hydroxylation is 1. The molecule has 3 rings (SSSR count). The van der Waals surface area contributed by atoms with E-state index in [1.54, 1.807) is 31.4 Å². The van der Waals surface area contributed by atoms with Crippen LogP contribution in [0.5, 0.6) is 5.75 Å². The molecule has 0 radical (unpaired) electrons. The maximum Gasteiger partial charge on any atom is 0.255 e. The summed E-state index contributed by atoms with van der Waals surface area (Å²) in [7, 11) is 1.61. The van der Waals surface area contributed by atoms with Crippen LogP contribution >= 0.6 is 11.6 Å². The molecule has 5 heteroatoms. The second-order valence-electron chi connectivity index (χ2n) is 5.55. The van der Waals surface area contributed by atoms with Gasteiger partial charge in [0.1, 0.15) is 5.75 Å². The van der Waals surface area contributed by atoms with Crippen molar-refractivity contribution in [1.82, 2.24) is 0 Å². The monoisotopic (exact) mass is 330 g/mol. The van der Waals surface area contributed by atoms with Crippen LogP contribution in [0.2, 0.25) is 5.02 Å². The van der Waals surface area contributed by atoms with Crippen molar-refractivity contribution in [3.8, 4) is 5.75 Å². The molecule has 0 aromatic heterocycles. The summed E-state index contributed by atoms with van der Waals surface area (Å²) >= 11 is 5.86. The molecule has 0 spiro atoms. The zero-order valence-electron chi connectivity index (χ0n) is 13.0. The van der Waals surface area contributed by atoms with Gasteiger partial charge in [-0.2, -0.15) is 0 Å². The number of nitrogens with one attached hydrogen (secondary N) is 2. The molecule has 0 fully saturated rings. The van der Waals surface area contributed by atoms with Crippen LogP contribution in [0.3, 0.4) is 0 Å². The number of carbonyl (C=O) groups is 1. The topological polar surface area (TPSA) is 50.4 Å². The zero-order valence-corrected chi connectivity index (χ0v) is 13.7. The lowest BCUT2D eigenvalue weighted by Crippen LogP contribution is -2.13. The summed E-state index contributed by atoms with van der Waals surface area (Å²) in [5.74, 6) is 0.474. The maximum atomic E-state index is 12.4. The Balaban J connectivity index is 1.88. The highest BCUT2D eigenvalue weighted by Crippen LogP contribution is 2.34. The number of benzene rings is 2. The maximum absolute atomic E-state index is 12.4. The molecule has 120 valence electrons. The van der Waals surface area contributed by atoms with Crippen LogP contribution in [0.4, 0.5) is 11.4 Å². The summed E-state index contributed by atoms with van der Waals surface area (Å²) in [5, 5.41) is 6.95. The Labute approximate surface area is 140 Å². The highest BCUT2D eigenvalue weighted by atomic mass is 35.5. The molecule has 0 saturated heterocycles. The number of amides is 1. The Morgan fingerprint density at radius 1 is 1.22 bits per heavy atom. The fraction of sp³-hybridized carbons (Fsp3) is 0.278. The molecule has 1 heterocycles. The Bertz CT molecular complexity index is 714. The zero-order chi connectivity index (χ0) is 16.2. The first-order chi connectivity index (χ1) is 11.2. The first-order valence-electron chi connectivity index (χ1n) is 7.69. The molecule has 0 saturated carbocycles. The molecule has 23 heavy (non-hydrogen) atoms. The number of halogens is 1. The number of carbonyl (C=O) groups excluding carboxylic acids is 1. The molecule has 4 nitrogen and oxygen atoms in total. The van der Waals surface area contributed by atoms with Crippen molar-refractivity contribution < 1.29 is 9.53 Å². The van der Waals surface area contributed by atoms with Crippen LogP contribution in [-0.2, 0) is 6.42 Å². The lowest BCUT2D eigenvalue weighted by Gasteiger charge is -2.15. The van der Waals surface area contributed by atoms with E-state index >= 15 is 0 Å². The normalized spacial score (nSPS) is 13.5. The Kier molecular flexibility index (Phi) is 4.72. The SMILES string of the molecule is COc1cc2c(cc1NC(=O)c1ccc(Cl)cc1)CCCCN2. The van der Waals surface area contributed by atoms with E-state index in [0.29, 0.717) is 22.0 Å². The number of methoxy groups -OCH3 is 1. The molecular weight excluding hydrogens is 312 g/mol. The third kappa shape index (κ3) is 3.59. The largest absolute Gasteiger partial charge is 0.494 e. The highest BCUT2D eigenvalue weighted by molar-refractivity contribution is 6.30. The van der Waals surface area contributed by atoms with Crippen LogP contribution in [0, 0.1) is 0 Å². The van der Waals surface area contributed by atoms with Crippen molar-refractivity contribution in [2.75, 3.05) is 24.3 Å². The molecule has 2 aromatic rings. The second kappa shape index (κ2) is 6.92. The lowest BCUT2D eigenvalue weighted by molar-refractivity contribution is 0.102. The smallest absolute Gasteiger partial charge is 0.255 e. The average Bonchev–Trinajstić information content (AvgIpc) is 2.79. The lowest BCUT2D eigenvalue weighted by atomic mass is 10.1. The van der Waals surface area contributed by atoms with Gasteiger partial charge in [0.2, 0.25) is 0 Å². The van der Waals surface area contributed by atoms with Crippen LogP contribution < -0.4 is 15.4 Å². The van der Waals surface area contributed by atoms with Crippen molar-refractivity contribution in [1.29, 1.82) is 0 Å². The molecule has 0 unspecified atom stereocenters. The fourth-order valence-corrected chi connectivity index (χ4v) is 2.85. The first-order valence-corrected chi connectivity index (χ1v) is 8.07. The van der Waals surface area contributed by atoms with E-state index in [-0.39, 0.29) is 5.91 Å². The predicted molar refractivity (Wildman–Crippen MR) is 93.8 cm³/mol. The molecule has 1 aliphatic heterocycles. The Morgan fingerprint density at radius 2 is 2.00 bits per heavy atom. The molecular formula is C18H19ClN2O2. The predicted octanol–water partition coefficient (Wildman–Crippen LogP) is 4.35. The number of anilines is 2.